The third kappa shape index (κ3) is 1.41. The molecule has 0 bridgehead atoms. The fourth-order valence-electron chi connectivity index (χ4n) is 3.52. The number of nitrogens with zero attached hydrogens (tertiary/aromatic N) is 1. The van der Waals surface area contributed by atoms with Crippen LogP contribution in [0.4, 0.5) is 0 Å². The molecule has 1 N–H and O–H groups in total. The van der Waals surface area contributed by atoms with E-state index in [0.29, 0.717) is 6.54 Å². The van der Waals surface area contributed by atoms with E-state index in [1.54, 1.807) is 0 Å². The van der Waals surface area contributed by atoms with Crippen LogP contribution in [0.2, 0.25) is 0 Å². The number of amides is 1. The second-order valence-corrected chi connectivity index (χ2v) is 5.46. The maximum Gasteiger partial charge on any atom is 0.255 e. The molecule has 0 saturated carbocycles. The van der Waals surface area contributed by atoms with Crippen LogP contribution in [0.1, 0.15) is 39.0 Å². The van der Waals surface area contributed by atoms with Gasteiger partial charge in [-0.15, -0.1) is 0 Å². The van der Waals surface area contributed by atoms with E-state index < -0.39 is 0 Å². The van der Waals surface area contributed by atoms with E-state index in [1.165, 1.54) is 5.56 Å². The van der Waals surface area contributed by atoms with Crippen LogP contribution in [0.3, 0.4) is 0 Å². The lowest BCUT2D eigenvalue weighted by molar-refractivity contribution is 0.0700. The molecule has 100 valence electrons. The van der Waals surface area contributed by atoms with Crippen LogP contribution in [0.25, 0.3) is 0 Å². The zero-order valence-electron chi connectivity index (χ0n) is 11.0. The highest BCUT2D eigenvalue weighted by Gasteiger charge is 2.42. The molecule has 2 aliphatic rings. The lowest BCUT2D eigenvalue weighted by Crippen LogP contribution is -2.38. The molecule has 2 aromatic rings. The van der Waals surface area contributed by atoms with Gasteiger partial charge in [0, 0.05) is 18.0 Å². The Balaban J connectivity index is 1.95. The summed E-state index contributed by atoms with van der Waals surface area (Å²) in [7, 11) is 0. The van der Waals surface area contributed by atoms with Gasteiger partial charge in [-0.2, -0.15) is 0 Å². The summed E-state index contributed by atoms with van der Waals surface area (Å²) in [4.78, 5) is 14.4. The Labute approximate surface area is 117 Å². The first-order valence-corrected chi connectivity index (χ1v) is 6.91. The summed E-state index contributed by atoms with van der Waals surface area (Å²) in [5.74, 6) is 0.0965. The molecule has 3 nitrogen and oxygen atoms in total. The second-order valence-electron chi connectivity index (χ2n) is 5.46. The summed E-state index contributed by atoms with van der Waals surface area (Å²) in [5.41, 5.74) is 4.20. The largest absolute Gasteiger partial charge is 0.396 e. The number of carbonyl (C=O) groups is 1. The van der Waals surface area contributed by atoms with Gasteiger partial charge in [0.2, 0.25) is 0 Å². The highest BCUT2D eigenvalue weighted by Crippen LogP contribution is 2.45. The Morgan fingerprint density at radius 2 is 1.65 bits per heavy atom. The van der Waals surface area contributed by atoms with Gasteiger partial charge in [0.05, 0.1) is 12.6 Å². The van der Waals surface area contributed by atoms with Crippen molar-refractivity contribution in [3.05, 3.63) is 70.8 Å². The number of rotatable bonds is 1. The van der Waals surface area contributed by atoms with Crippen LogP contribution in [0.5, 0.6) is 0 Å². The zero-order valence-corrected chi connectivity index (χ0v) is 11.0. The average Bonchev–Trinajstić information content (AvgIpc) is 2.80. The monoisotopic (exact) mass is 265 g/mol. The van der Waals surface area contributed by atoms with Crippen molar-refractivity contribution >= 4 is 5.91 Å². The van der Waals surface area contributed by atoms with Crippen molar-refractivity contribution in [1.29, 1.82) is 0 Å². The number of fused-ring (bicyclic) bond motifs is 5. The third-order valence-electron chi connectivity index (χ3n) is 4.43. The molecule has 0 aromatic heterocycles. The Kier molecular flexibility index (Phi) is 2.44. The average molecular weight is 265 g/mol. The SMILES string of the molecule is O=C1c2ccccc2[C@@H]2c3ccccc3[C@H](CO)CN12. The molecule has 2 heterocycles. The first-order chi connectivity index (χ1) is 9.81. The molecule has 0 radical (unpaired) electrons. The number of carbonyl (C=O) groups excluding carboxylic acids is 1. The van der Waals surface area contributed by atoms with Crippen molar-refractivity contribution in [3.8, 4) is 0 Å². The predicted molar refractivity (Wildman–Crippen MR) is 75.6 cm³/mol. The highest BCUT2D eigenvalue weighted by molar-refractivity contribution is 6.00. The van der Waals surface area contributed by atoms with Crippen molar-refractivity contribution in [2.75, 3.05) is 13.2 Å². The zero-order chi connectivity index (χ0) is 13.7. The molecular weight excluding hydrogens is 250 g/mol. The van der Waals surface area contributed by atoms with Crippen LogP contribution < -0.4 is 0 Å². The summed E-state index contributed by atoms with van der Waals surface area (Å²) < 4.78 is 0. The van der Waals surface area contributed by atoms with E-state index in [4.69, 9.17) is 0 Å². The minimum absolute atomic E-state index is 0.0118. The Hall–Kier alpha value is -2.13. The number of benzene rings is 2. The van der Waals surface area contributed by atoms with Gasteiger partial charge in [-0.3, -0.25) is 4.79 Å². The smallest absolute Gasteiger partial charge is 0.255 e. The number of aliphatic hydroxyl groups excluding tert-OH is 1. The van der Waals surface area contributed by atoms with Crippen LogP contribution in [-0.2, 0) is 0 Å². The molecule has 2 aromatic carbocycles. The van der Waals surface area contributed by atoms with Crippen molar-refractivity contribution in [2.45, 2.75) is 12.0 Å². The first-order valence-electron chi connectivity index (χ1n) is 6.91. The fraction of sp³-hybridized carbons (Fsp3) is 0.235. The van der Waals surface area contributed by atoms with E-state index in [-0.39, 0.29) is 24.5 Å². The summed E-state index contributed by atoms with van der Waals surface area (Å²) in [6.45, 7) is 0.662. The molecule has 3 heteroatoms. The third-order valence-corrected chi connectivity index (χ3v) is 4.43. The predicted octanol–water partition coefficient (Wildman–Crippen LogP) is 2.32. The molecule has 0 unspecified atom stereocenters. The van der Waals surface area contributed by atoms with Crippen molar-refractivity contribution < 1.29 is 9.90 Å². The minimum atomic E-state index is 0.0118. The van der Waals surface area contributed by atoms with Gasteiger partial charge in [0.15, 0.2) is 0 Å². The van der Waals surface area contributed by atoms with Gasteiger partial charge in [0.1, 0.15) is 0 Å². The standard InChI is InChI=1S/C17H15NO2/c19-10-11-9-18-16(13-6-2-1-5-12(11)13)14-7-3-4-8-15(14)17(18)20/h1-8,11,16,19H,9-10H2/t11-,16-/m0/s1. The minimum Gasteiger partial charge on any atom is -0.396 e. The van der Waals surface area contributed by atoms with Gasteiger partial charge in [-0.05, 0) is 22.8 Å². The van der Waals surface area contributed by atoms with E-state index in [2.05, 4.69) is 12.1 Å². The van der Waals surface area contributed by atoms with Crippen LogP contribution in [0.15, 0.2) is 48.5 Å². The summed E-state index contributed by atoms with van der Waals surface area (Å²) in [5, 5.41) is 9.62. The van der Waals surface area contributed by atoms with E-state index in [0.717, 1.165) is 16.7 Å². The van der Waals surface area contributed by atoms with Gasteiger partial charge in [-0.1, -0.05) is 42.5 Å². The van der Waals surface area contributed by atoms with Crippen LogP contribution >= 0.6 is 0 Å². The molecular formula is C17H15NO2. The molecule has 4 rings (SSSR count). The van der Waals surface area contributed by atoms with E-state index in [9.17, 15) is 9.90 Å². The number of aliphatic hydroxyl groups is 1. The van der Waals surface area contributed by atoms with Crippen LogP contribution in [0, 0.1) is 0 Å². The van der Waals surface area contributed by atoms with E-state index in [1.807, 2.05) is 41.3 Å². The Morgan fingerprint density at radius 1 is 1.00 bits per heavy atom. The topological polar surface area (TPSA) is 40.5 Å². The molecule has 20 heavy (non-hydrogen) atoms. The molecule has 1 amide bonds. The summed E-state index contributed by atoms with van der Waals surface area (Å²) >= 11 is 0. The summed E-state index contributed by atoms with van der Waals surface area (Å²) in [6, 6.07) is 16.0. The Bertz CT molecular complexity index is 695. The summed E-state index contributed by atoms with van der Waals surface area (Å²) in [6.07, 6.45) is 0. The quantitative estimate of drug-likeness (QED) is 0.859. The van der Waals surface area contributed by atoms with Gasteiger partial charge >= 0.3 is 0 Å². The molecule has 0 aliphatic carbocycles. The molecule has 0 spiro atoms. The van der Waals surface area contributed by atoms with Crippen LogP contribution in [-0.4, -0.2) is 29.1 Å². The molecule has 0 saturated heterocycles. The van der Waals surface area contributed by atoms with Gasteiger partial charge in [-0.25, -0.2) is 0 Å². The molecule has 0 fully saturated rings. The van der Waals surface area contributed by atoms with Gasteiger partial charge < -0.3 is 10.0 Å². The number of hydrogen-bond donors (Lipinski definition) is 1. The maximum atomic E-state index is 12.5. The van der Waals surface area contributed by atoms with Crippen molar-refractivity contribution in [1.82, 2.24) is 4.90 Å². The second kappa shape index (κ2) is 4.18. The highest BCUT2D eigenvalue weighted by atomic mass is 16.3. The van der Waals surface area contributed by atoms with Crippen molar-refractivity contribution in [2.24, 2.45) is 0 Å². The normalized spacial score (nSPS) is 23.2. The lowest BCUT2D eigenvalue weighted by atomic mass is 9.84. The molecule has 2 aliphatic heterocycles. The lowest BCUT2D eigenvalue weighted by Gasteiger charge is -2.36. The molecule has 2 atom stereocenters. The first kappa shape index (κ1) is 11.7. The fourth-order valence-corrected chi connectivity index (χ4v) is 3.52. The maximum absolute atomic E-state index is 12.5. The number of hydrogen-bond acceptors (Lipinski definition) is 2. The Morgan fingerprint density at radius 3 is 2.40 bits per heavy atom. The van der Waals surface area contributed by atoms with Gasteiger partial charge in [0.25, 0.3) is 5.91 Å². The van der Waals surface area contributed by atoms with E-state index >= 15 is 0 Å². The van der Waals surface area contributed by atoms with Crippen molar-refractivity contribution in [3.63, 3.8) is 0 Å².